The molecule has 0 saturated carbocycles. The highest BCUT2D eigenvalue weighted by atomic mass is 32.2. The summed E-state index contributed by atoms with van der Waals surface area (Å²) < 4.78 is 26.2. The van der Waals surface area contributed by atoms with Crippen molar-refractivity contribution in [3.05, 3.63) is 87.2 Å². The van der Waals surface area contributed by atoms with Gasteiger partial charge in [-0.15, -0.1) is 11.3 Å². The van der Waals surface area contributed by atoms with E-state index in [1.165, 1.54) is 29.5 Å². The smallest absolute Gasteiger partial charge is 0.263 e. The van der Waals surface area contributed by atoms with Crippen LogP contribution in [0.15, 0.2) is 76.1 Å². The molecule has 1 aromatic carbocycles. The molecule has 0 saturated heterocycles. The lowest BCUT2D eigenvalue weighted by Gasteiger charge is -2.10. The molecule has 0 radical (unpaired) electrons. The lowest BCUT2D eigenvalue weighted by Crippen LogP contribution is -2.28. The summed E-state index contributed by atoms with van der Waals surface area (Å²) in [5, 5.41) is 4.55. The second kappa shape index (κ2) is 8.28. The lowest BCUT2D eigenvalue weighted by molar-refractivity contribution is -0.116. The molecule has 3 aromatic rings. The topological polar surface area (TPSA) is 76.1 Å². The Morgan fingerprint density at radius 3 is 2.56 bits per heavy atom. The fourth-order valence-electron chi connectivity index (χ4n) is 2.42. The Morgan fingerprint density at radius 2 is 1.93 bits per heavy atom. The van der Waals surface area contributed by atoms with Crippen LogP contribution in [-0.4, -0.2) is 19.3 Å². The van der Waals surface area contributed by atoms with Gasteiger partial charge < -0.3 is 5.32 Å². The van der Waals surface area contributed by atoms with E-state index in [9.17, 15) is 13.2 Å². The van der Waals surface area contributed by atoms with Crippen LogP contribution < -0.4 is 5.32 Å². The van der Waals surface area contributed by atoms with Gasteiger partial charge in [0.25, 0.3) is 5.91 Å². The average molecular weight is 399 g/mol. The number of amides is 1. The molecule has 0 aliphatic heterocycles. The van der Waals surface area contributed by atoms with Crippen LogP contribution in [0, 0.1) is 6.92 Å². The predicted octanol–water partition coefficient (Wildman–Crippen LogP) is 3.58. The highest BCUT2D eigenvalue weighted by Gasteiger charge is 2.27. The molecule has 1 amide bonds. The number of nitrogens with zero attached hydrogens (tertiary/aromatic N) is 1. The van der Waals surface area contributed by atoms with E-state index in [0.29, 0.717) is 0 Å². The first-order valence-electron chi connectivity index (χ1n) is 8.21. The van der Waals surface area contributed by atoms with Crippen molar-refractivity contribution in [2.45, 2.75) is 18.4 Å². The molecule has 0 atom stereocenters. The monoisotopic (exact) mass is 398 g/mol. The molecule has 2 heterocycles. The van der Waals surface area contributed by atoms with Gasteiger partial charge in [0.1, 0.15) is 4.91 Å². The molecule has 138 valence electrons. The van der Waals surface area contributed by atoms with Crippen molar-refractivity contribution in [3.8, 4) is 0 Å². The number of rotatable bonds is 6. The Hall–Kier alpha value is -2.77. The third-order valence-corrected chi connectivity index (χ3v) is 6.65. The third kappa shape index (κ3) is 4.50. The molecule has 2 aromatic heterocycles. The number of carbonyl (C=O) groups is 1. The van der Waals surface area contributed by atoms with Gasteiger partial charge in [0.2, 0.25) is 9.84 Å². The van der Waals surface area contributed by atoms with Gasteiger partial charge in [0, 0.05) is 23.8 Å². The minimum atomic E-state index is -3.96. The van der Waals surface area contributed by atoms with Gasteiger partial charge in [0.15, 0.2) is 0 Å². The molecule has 3 rings (SSSR count). The minimum Gasteiger partial charge on any atom is -0.347 e. The quantitative estimate of drug-likeness (QED) is 0.644. The Morgan fingerprint density at radius 1 is 1.15 bits per heavy atom. The fourth-order valence-corrected chi connectivity index (χ4v) is 4.71. The lowest BCUT2D eigenvalue weighted by atomic mass is 10.2. The van der Waals surface area contributed by atoms with Gasteiger partial charge in [0.05, 0.1) is 4.90 Å². The van der Waals surface area contributed by atoms with E-state index >= 15 is 0 Å². The molecule has 27 heavy (non-hydrogen) atoms. The van der Waals surface area contributed by atoms with Gasteiger partial charge in [-0.3, -0.25) is 9.78 Å². The van der Waals surface area contributed by atoms with Crippen LogP contribution in [0.2, 0.25) is 0 Å². The molecule has 0 aliphatic rings. The summed E-state index contributed by atoms with van der Waals surface area (Å²) in [5.74, 6) is -0.643. The van der Waals surface area contributed by atoms with Gasteiger partial charge in [-0.05, 0) is 53.8 Å². The molecule has 5 nitrogen and oxygen atoms in total. The first kappa shape index (κ1) is 19.0. The molecule has 0 bridgehead atoms. The summed E-state index contributed by atoms with van der Waals surface area (Å²) in [4.78, 5) is 17.3. The standard InChI is InChI=1S/C20H18N2O3S2/c1-15-9-11-26-18(15)12-19(27(24,25)17-7-3-2-4-8-17)20(23)22-14-16-6-5-10-21-13-16/h2-13H,14H2,1H3,(H,22,23)/b19-12+. The van der Waals surface area contributed by atoms with Gasteiger partial charge >= 0.3 is 0 Å². The molecule has 0 unspecified atom stereocenters. The van der Waals surface area contributed by atoms with Gasteiger partial charge in [-0.25, -0.2) is 8.42 Å². The molecule has 0 spiro atoms. The second-order valence-electron chi connectivity index (χ2n) is 5.84. The van der Waals surface area contributed by atoms with Crippen LogP contribution in [0.5, 0.6) is 0 Å². The molecule has 0 aliphatic carbocycles. The third-order valence-electron chi connectivity index (χ3n) is 3.91. The van der Waals surface area contributed by atoms with Crippen LogP contribution in [0.1, 0.15) is 16.0 Å². The van der Waals surface area contributed by atoms with Crippen molar-refractivity contribution < 1.29 is 13.2 Å². The summed E-state index contributed by atoms with van der Waals surface area (Å²) in [5.41, 5.74) is 1.70. The fraction of sp³-hybridized carbons (Fsp3) is 0.100. The van der Waals surface area contributed by atoms with E-state index in [0.717, 1.165) is 16.0 Å². The maximum atomic E-state index is 13.1. The number of aryl methyl sites for hydroxylation is 1. The summed E-state index contributed by atoms with van der Waals surface area (Å²) in [6, 6.07) is 13.4. The summed E-state index contributed by atoms with van der Waals surface area (Å²) in [6.45, 7) is 2.07. The Labute approximate surface area is 162 Å². The van der Waals surface area contributed by atoms with Crippen LogP contribution in [0.4, 0.5) is 0 Å². The zero-order valence-electron chi connectivity index (χ0n) is 14.6. The Bertz CT molecular complexity index is 1060. The summed E-state index contributed by atoms with van der Waals surface area (Å²) in [6.07, 6.45) is 4.70. The number of pyridine rings is 1. The van der Waals surface area contributed by atoms with E-state index in [1.807, 2.05) is 24.4 Å². The number of nitrogens with one attached hydrogen (secondary N) is 1. The normalized spacial score (nSPS) is 12.0. The van der Waals surface area contributed by atoms with E-state index in [1.54, 1.807) is 36.7 Å². The predicted molar refractivity (Wildman–Crippen MR) is 107 cm³/mol. The highest BCUT2D eigenvalue weighted by molar-refractivity contribution is 7.96. The minimum absolute atomic E-state index is 0.0852. The summed E-state index contributed by atoms with van der Waals surface area (Å²) >= 11 is 1.39. The van der Waals surface area contributed by atoms with Crippen molar-refractivity contribution in [1.82, 2.24) is 10.3 Å². The zero-order chi connectivity index (χ0) is 19.3. The second-order valence-corrected chi connectivity index (χ2v) is 8.70. The van der Waals surface area contributed by atoms with Crippen LogP contribution in [-0.2, 0) is 21.2 Å². The van der Waals surface area contributed by atoms with E-state index < -0.39 is 15.7 Å². The number of hydrogen-bond acceptors (Lipinski definition) is 5. The maximum Gasteiger partial charge on any atom is 0.263 e. The van der Waals surface area contributed by atoms with Crippen molar-refractivity contribution in [1.29, 1.82) is 0 Å². The number of thiophene rings is 1. The maximum absolute atomic E-state index is 13.1. The molecular formula is C20H18N2O3S2. The van der Waals surface area contributed by atoms with E-state index in [2.05, 4.69) is 10.3 Å². The molecular weight excluding hydrogens is 380 g/mol. The Balaban J connectivity index is 1.96. The highest BCUT2D eigenvalue weighted by Crippen LogP contribution is 2.25. The number of hydrogen-bond donors (Lipinski definition) is 1. The van der Waals surface area contributed by atoms with E-state index in [4.69, 9.17) is 0 Å². The molecule has 1 N–H and O–H groups in total. The number of sulfone groups is 1. The van der Waals surface area contributed by atoms with Crippen molar-refractivity contribution in [2.24, 2.45) is 0 Å². The average Bonchev–Trinajstić information content (AvgIpc) is 3.10. The van der Waals surface area contributed by atoms with Crippen molar-refractivity contribution >= 4 is 33.2 Å². The van der Waals surface area contributed by atoms with Gasteiger partial charge in [-0.1, -0.05) is 24.3 Å². The number of benzene rings is 1. The van der Waals surface area contributed by atoms with Crippen LogP contribution >= 0.6 is 11.3 Å². The number of aromatic nitrogens is 1. The van der Waals surface area contributed by atoms with Crippen LogP contribution in [0.3, 0.4) is 0 Å². The SMILES string of the molecule is Cc1ccsc1/C=C(\C(=O)NCc1cccnc1)S(=O)(=O)c1ccccc1. The van der Waals surface area contributed by atoms with Crippen molar-refractivity contribution in [3.63, 3.8) is 0 Å². The van der Waals surface area contributed by atoms with E-state index in [-0.39, 0.29) is 16.3 Å². The largest absolute Gasteiger partial charge is 0.347 e. The molecule has 7 heteroatoms. The Kier molecular flexibility index (Phi) is 5.83. The van der Waals surface area contributed by atoms with Crippen LogP contribution in [0.25, 0.3) is 6.08 Å². The van der Waals surface area contributed by atoms with Crippen molar-refractivity contribution in [2.75, 3.05) is 0 Å². The first-order chi connectivity index (χ1) is 13.0. The number of carbonyl (C=O) groups excluding carboxylic acids is 1. The van der Waals surface area contributed by atoms with Gasteiger partial charge in [-0.2, -0.15) is 0 Å². The summed E-state index contributed by atoms with van der Waals surface area (Å²) in [7, 11) is -3.96. The first-order valence-corrected chi connectivity index (χ1v) is 10.6. The zero-order valence-corrected chi connectivity index (χ0v) is 16.3. The molecule has 0 fully saturated rings.